The van der Waals surface area contributed by atoms with E-state index in [1.807, 2.05) is 97.0 Å². The molecule has 0 aliphatic carbocycles. The van der Waals surface area contributed by atoms with Gasteiger partial charge in [-0.2, -0.15) is 18.2 Å². The Labute approximate surface area is 675 Å². The van der Waals surface area contributed by atoms with Crippen molar-refractivity contribution >= 4 is 109 Å². The third-order valence-corrected chi connectivity index (χ3v) is 18.1. The number of nitrogens with one attached hydrogen (secondary N) is 5. The van der Waals surface area contributed by atoms with Crippen molar-refractivity contribution in [2.24, 2.45) is 32.2 Å². The molecule has 34 heteroatoms. The first-order valence-corrected chi connectivity index (χ1v) is 36.7. The third-order valence-electron chi connectivity index (χ3n) is 18.1. The van der Waals surface area contributed by atoms with Gasteiger partial charge in [0.25, 0.3) is 11.9 Å². The van der Waals surface area contributed by atoms with Gasteiger partial charge in [-0.15, -0.1) is 0 Å². The summed E-state index contributed by atoms with van der Waals surface area (Å²) in [5.74, 6) is -0.0826. The van der Waals surface area contributed by atoms with E-state index in [0.717, 1.165) is 84.9 Å². The number of aromatic carboxylic acids is 2. The second kappa shape index (κ2) is 39.1. The second-order valence-corrected chi connectivity index (χ2v) is 27.0. The zero-order valence-electron chi connectivity index (χ0n) is 66.3. The van der Waals surface area contributed by atoms with Crippen molar-refractivity contribution in [1.82, 2.24) is 50.2 Å². The van der Waals surface area contributed by atoms with E-state index in [4.69, 9.17) is 41.6 Å². The first kappa shape index (κ1) is 86.0. The van der Waals surface area contributed by atoms with Crippen LogP contribution in [0.3, 0.4) is 0 Å². The number of pyridine rings is 1. The van der Waals surface area contributed by atoms with Crippen LogP contribution in [-0.4, -0.2) is 144 Å². The molecule has 13 N–H and O–H groups in total. The fourth-order valence-electron chi connectivity index (χ4n) is 12.4. The Bertz CT molecular complexity index is 5770. The van der Waals surface area contributed by atoms with Crippen LogP contribution in [0.1, 0.15) is 119 Å². The number of alkyl halides is 3. The van der Waals surface area contributed by atoms with Gasteiger partial charge in [0.05, 0.1) is 126 Å². The van der Waals surface area contributed by atoms with Crippen LogP contribution in [0, 0.1) is 52.8 Å². The van der Waals surface area contributed by atoms with Crippen LogP contribution < -0.4 is 57.6 Å². The number of aromatic nitrogens is 9. The number of hydrogen-bond acceptors (Lipinski definition) is 22. The Hall–Kier alpha value is -14.4. The molecule has 2 unspecified atom stereocenters. The lowest BCUT2D eigenvalue weighted by molar-refractivity contribution is -0.137. The second-order valence-electron chi connectivity index (χ2n) is 27.0. The monoisotopic (exact) mass is 1610 g/mol. The Kier molecular flexibility index (Phi) is 28.5. The van der Waals surface area contributed by atoms with Crippen molar-refractivity contribution in [3.8, 4) is 17.2 Å². The van der Waals surface area contributed by atoms with E-state index in [-0.39, 0.29) is 65.2 Å². The number of carboxylic acid groups (broad SMARTS) is 2. The summed E-state index contributed by atoms with van der Waals surface area (Å²) in [5.41, 5.74) is 28.5. The van der Waals surface area contributed by atoms with E-state index in [1.54, 1.807) is 87.8 Å². The number of guanidine groups is 3. The van der Waals surface area contributed by atoms with Crippen LogP contribution in [0.25, 0.3) is 32.7 Å². The number of methoxy groups -OCH3 is 3. The Morgan fingerprint density at radius 3 is 1.64 bits per heavy atom. The number of carbonyl (C=O) groups is 3. The van der Waals surface area contributed by atoms with E-state index in [1.165, 1.54) is 36.5 Å². The van der Waals surface area contributed by atoms with E-state index in [9.17, 15) is 42.2 Å². The summed E-state index contributed by atoms with van der Waals surface area (Å²) < 4.78 is 74.4. The van der Waals surface area contributed by atoms with Crippen molar-refractivity contribution in [3.05, 3.63) is 249 Å². The maximum atomic E-state index is 14.2. The SMILES string of the molecule is COc1cc(OC)c(C(C)N=C(N)Nc2nc(C)c3cc(C)ccc3n2)c(OC)c1.Cc1ccc2nc(N=C(N)NC(=O)c3ccccc3C(=O)O)nc(C)c2c1.Cc1ccc2nc(NC(N)=NC(C)c3ccccc3C(=O)O)nc(C)c2c1.N=C(Cc1ccc(Nc2cccc(C(F)(F)F)c2)cn1)Cc1ncc(F)c(N2CCOCC2)n1. The number of fused-ring (bicyclic) bond motifs is 3. The van der Waals surface area contributed by atoms with Crippen LogP contribution in [0.4, 0.5) is 52.6 Å². The van der Waals surface area contributed by atoms with Gasteiger partial charge in [-0.1, -0.05) is 71.3 Å². The number of aryl methyl sites for hydroxylation is 6. The Morgan fingerprint density at radius 2 is 1.11 bits per heavy atom. The van der Waals surface area contributed by atoms with Crippen LogP contribution in [0.2, 0.25) is 0 Å². The molecule has 13 rings (SSSR count). The molecule has 5 aromatic heterocycles. The molecule has 0 radical (unpaired) electrons. The van der Waals surface area contributed by atoms with Crippen molar-refractivity contribution in [1.29, 1.82) is 5.41 Å². The fourth-order valence-corrected chi connectivity index (χ4v) is 12.4. The Morgan fingerprint density at radius 1 is 0.576 bits per heavy atom. The number of ether oxygens (including phenoxy) is 4. The van der Waals surface area contributed by atoms with Gasteiger partial charge in [0.15, 0.2) is 23.6 Å². The average molecular weight is 1610 g/mol. The maximum Gasteiger partial charge on any atom is 0.416 e. The molecule has 1 aliphatic rings. The lowest BCUT2D eigenvalue weighted by atomic mass is 10.0. The van der Waals surface area contributed by atoms with Crippen LogP contribution in [0.5, 0.6) is 17.2 Å². The van der Waals surface area contributed by atoms with Crippen molar-refractivity contribution < 1.29 is 61.1 Å². The number of anilines is 5. The minimum absolute atomic E-state index is 0.0192. The normalized spacial score (nSPS) is 12.8. The van der Waals surface area contributed by atoms with Gasteiger partial charge in [-0.05, 0) is 146 Å². The first-order valence-electron chi connectivity index (χ1n) is 36.7. The largest absolute Gasteiger partial charge is 0.496 e. The van der Waals surface area contributed by atoms with E-state index in [2.05, 4.69) is 87.2 Å². The van der Waals surface area contributed by atoms with Crippen LogP contribution in [0.15, 0.2) is 179 Å². The average Bonchev–Trinajstić information content (AvgIpc) is 0.841. The van der Waals surface area contributed by atoms with Gasteiger partial charge < -0.3 is 62.0 Å². The van der Waals surface area contributed by atoms with Crippen LogP contribution in [-0.2, 0) is 23.8 Å². The summed E-state index contributed by atoms with van der Waals surface area (Å²) in [5, 5.41) is 40.8. The molecule has 12 aromatic rings. The maximum absolute atomic E-state index is 14.2. The molecule has 610 valence electrons. The minimum atomic E-state index is -4.42. The molecule has 118 heavy (non-hydrogen) atoms. The number of halogens is 4. The smallest absolute Gasteiger partial charge is 0.416 e. The van der Waals surface area contributed by atoms with Gasteiger partial charge in [-0.25, -0.2) is 63.8 Å². The summed E-state index contributed by atoms with van der Waals surface area (Å²) in [6.07, 6.45) is -1.43. The number of nitrogens with two attached hydrogens (primary N) is 3. The number of benzene rings is 7. The number of aliphatic imine (C=N–C) groups is 3. The molecule has 1 aliphatic heterocycles. The van der Waals surface area contributed by atoms with Crippen LogP contribution >= 0.6 is 0 Å². The highest BCUT2D eigenvalue weighted by atomic mass is 19.4. The molecule has 1 fully saturated rings. The van der Waals surface area contributed by atoms with Crippen molar-refractivity contribution in [2.45, 2.75) is 86.5 Å². The highest BCUT2D eigenvalue weighted by molar-refractivity contribution is 6.11. The number of carboxylic acids is 2. The zero-order valence-corrected chi connectivity index (χ0v) is 66.3. The lowest BCUT2D eigenvalue weighted by Gasteiger charge is -2.28. The van der Waals surface area contributed by atoms with Crippen molar-refractivity contribution in [3.63, 3.8) is 0 Å². The first-order chi connectivity index (χ1) is 56.3. The molecule has 2 atom stereocenters. The standard InChI is InChI=1S/C23H22F4N6O.C22H27N5O3.C20H21N5O2.C19H17N5O3/c24-20-14-30-21(32-22(20)33-6-8-34-9-7-33)12-16(28)11-17-4-5-19(13-29-17)31-18-3-1-2-15(10-18)23(25,26)27;1-12-7-8-17-16(9-12)13(2)25-22(26-17)27-21(23)24-14(3)20-18(29-5)10-15(28-4)11-19(20)30-6;1-11-8-9-17-16(10-11)13(3)23-20(24-17)25-19(21)22-12(2)14-6-4-5-7-15(14)18(26)27;1-10-7-8-15-14(9-10)11(2)21-19(22-15)24-18(20)23-16(25)12-5-3-4-6-13(12)17(26)27/h1-5,10,13-14,28,31H,6-9,11-12H2;7-11,14H,1-6H3,(H3,23,24,25,26,27);4-10,12H,1-3H3,(H,26,27)(H3,21,22,23,24,25);3-9H,1-2H3,(H,26,27)(H3,20,21,22,23,24,25). The number of morpholine rings is 1. The van der Waals surface area contributed by atoms with Gasteiger partial charge in [0.1, 0.15) is 23.1 Å². The summed E-state index contributed by atoms with van der Waals surface area (Å²) in [4.78, 5) is 88.8. The molecule has 1 saturated heterocycles. The summed E-state index contributed by atoms with van der Waals surface area (Å²) >= 11 is 0. The third kappa shape index (κ3) is 22.9. The quantitative estimate of drug-likeness (QED) is 0.0192. The summed E-state index contributed by atoms with van der Waals surface area (Å²) in [6, 6.07) is 41.4. The van der Waals surface area contributed by atoms with Gasteiger partial charge in [0, 0.05) is 71.3 Å². The van der Waals surface area contributed by atoms with Gasteiger partial charge in [0.2, 0.25) is 17.9 Å². The zero-order chi connectivity index (χ0) is 85.1. The van der Waals surface area contributed by atoms with Gasteiger partial charge >= 0.3 is 18.1 Å². The predicted molar refractivity (Wildman–Crippen MR) is 445 cm³/mol. The number of hydrogen-bond donors (Lipinski definition) is 10. The molecule has 0 bridgehead atoms. The van der Waals surface area contributed by atoms with E-state index < -0.39 is 41.4 Å². The van der Waals surface area contributed by atoms with Gasteiger partial charge in [-0.3, -0.25) is 25.7 Å². The molecular formula is C84H87F4N21O9. The molecule has 30 nitrogen and oxygen atoms in total. The number of carbonyl (C=O) groups excluding carboxylic acids is 1. The van der Waals surface area contributed by atoms with E-state index in [0.29, 0.717) is 95.1 Å². The lowest BCUT2D eigenvalue weighted by Crippen LogP contribution is -2.37. The number of rotatable bonds is 20. The molecule has 0 spiro atoms. The summed E-state index contributed by atoms with van der Waals surface area (Å²) in [6.45, 7) is 17.5. The number of amides is 1. The van der Waals surface area contributed by atoms with Crippen molar-refractivity contribution in [2.75, 3.05) is 68.5 Å². The Balaban J connectivity index is 0.000000166. The molecule has 7 aromatic carbocycles. The summed E-state index contributed by atoms with van der Waals surface area (Å²) in [7, 11) is 4.76. The topological polar surface area (TPSA) is 435 Å². The van der Waals surface area contributed by atoms with E-state index >= 15 is 0 Å². The predicted octanol–water partition coefficient (Wildman–Crippen LogP) is 13.9. The molecule has 6 heterocycles. The molecule has 0 saturated carbocycles. The highest BCUT2D eigenvalue weighted by Crippen LogP contribution is 2.40. The number of nitrogens with zero attached hydrogens (tertiary/aromatic N) is 13. The highest BCUT2D eigenvalue weighted by Gasteiger charge is 2.31. The minimum Gasteiger partial charge on any atom is -0.496 e. The molecular weight excluding hydrogens is 1520 g/mol. The fraction of sp³-hybridized carbons (Fsp3) is 0.238. The molecule has 1 amide bonds.